The highest BCUT2D eigenvalue weighted by atomic mass is 32.2. The van der Waals surface area contributed by atoms with Gasteiger partial charge in [-0.1, -0.05) is 19.1 Å². The summed E-state index contributed by atoms with van der Waals surface area (Å²) in [6.07, 6.45) is 5.37. The van der Waals surface area contributed by atoms with Gasteiger partial charge in [0.25, 0.3) is 0 Å². The van der Waals surface area contributed by atoms with Crippen molar-refractivity contribution in [3.63, 3.8) is 0 Å². The third-order valence-electron chi connectivity index (χ3n) is 4.94. The molecule has 7 heteroatoms. The number of piperidine rings is 1. The van der Waals surface area contributed by atoms with Crippen LogP contribution in [0.15, 0.2) is 59.1 Å². The van der Waals surface area contributed by atoms with Gasteiger partial charge in [-0.25, -0.2) is 13.4 Å². The van der Waals surface area contributed by atoms with Crippen LogP contribution in [0.1, 0.15) is 19.8 Å². The summed E-state index contributed by atoms with van der Waals surface area (Å²) in [5.41, 5.74) is 2.73. The predicted molar refractivity (Wildman–Crippen MR) is 108 cm³/mol. The standard InChI is InChI=1S/C20H21N3O2S2/c1-15-8-11-23(12-9-15)27(24,25)18-6-4-16(5-7-18)19-14-26-20(22-19)17-3-2-10-21-13-17/h2-7,10,13-15H,8-9,11-12H2,1H3. The van der Waals surface area contributed by atoms with Crippen molar-refractivity contribution < 1.29 is 8.42 Å². The van der Waals surface area contributed by atoms with Crippen LogP contribution in [0.25, 0.3) is 21.8 Å². The Labute approximate surface area is 163 Å². The van der Waals surface area contributed by atoms with E-state index in [1.807, 2.05) is 29.6 Å². The van der Waals surface area contributed by atoms with Crippen LogP contribution in [0.2, 0.25) is 0 Å². The molecule has 1 saturated heterocycles. The van der Waals surface area contributed by atoms with E-state index in [4.69, 9.17) is 0 Å². The lowest BCUT2D eigenvalue weighted by molar-refractivity contribution is 0.288. The van der Waals surface area contributed by atoms with Gasteiger partial charge in [0, 0.05) is 42.0 Å². The fourth-order valence-electron chi connectivity index (χ4n) is 3.20. The third kappa shape index (κ3) is 3.81. The monoisotopic (exact) mass is 399 g/mol. The molecule has 0 aliphatic carbocycles. The molecule has 5 nitrogen and oxygen atoms in total. The Balaban J connectivity index is 1.55. The lowest BCUT2D eigenvalue weighted by atomic mass is 10.0. The fourth-order valence-corrected chi connectivity index (χ4v) is 5.49. The maximum atomic E-state index is 12.8. The first kappa shape index (κ1) is 18.3. The Morgan fingerprint density at radius 3 is 2.48 bits per heavy atom. The molecular formula is C20H21N3O2S2. The van der Waals surface area contributed by atoms with E-state index < -0.39 is 10.0 Å². The van der Waals surface area contributed by atoms with Crippen LogP contribution in [0.4, 0.5) is 0 Å². The molecule has 0 spiro atoms. The molecule has 3 aromatic rings. The largest absolute Gasteiger partial charge is 0.264 e. The summed E-state index contributed by atoms with van der Waals surface area (Å²) in [6, 6.07) is 10.9. The van der Waals surface area contributed by atoms with Crippen molar-refractivity contribution in [2.75, 3.05) is 13.1 Å². The van der Waals surface area contributed by atoms with Crippen LogP contribution >= 0.6 is 11.3 Å². The molecule has 140 valence electrons. The van der Waals surface area contributed by atoms with Gasteiger partial charge in [-0.3, -0.25) is 4.98 Å². The average molecular weight is 400 g/mol. The smallest absolute Gasteiger partial charge is 0.243 e. The van der Waals surface area contributed by atoms with E-state index in [9.17, 15) is 8.42 Å². The van der Waals surface area contributed by atoms with Crippen molar-refractivity contribution in [1.29, 1.82) is 0 Å². The summed E-state index contributed by atoms with van der Waals surface area (Å²) in [5, 5.41) is 2.88. The quantitative estimate of drug-likeness (QED) is 0.656. The van der Waals surface area contributed by atoms with E-state index in [-0.39, 0.29) is 0 Å². The SMILES string of the molecule is CC1CCN(S(=O)(=O)c2ccc(-c3csc(-c4cccnc4)n3)cc2)CC1. The third-order valence-corrected chi connectivity index (χ3v) is 7.75. The lowest BCUT2D eigenvalue weighted by Gasteiger charge is -2.29. The number of sulfonamides is 1. The molecular weight excluding hydrogens is 378 g/mol. The zero-order valence-electron chi connectivity index (χ0n) is 15.1. The van der Waals surface area contributed by atoms with E-state index in [1.54, 1.807) is 40.2 Å². The van der Waals surface area contributed by atoms with E-state index in [2.05, 4.69) is 16.9 Å². The van der Waals surface area contributed by atoms with Crippen LogP contribution in [0.5, 0.6) is 0 Å². The average Bonchev–Trinajstić information content (AvgIpc) is 3.19. The maximum Gasteiger partial charge on any atom is 0.243 e. The number of pyridine rings is 1. The molecule has 1 fully saturated rings. The Hall–Kier alpha value is -2.09. The second kappa shape index (κ2) is 7.50. The van der Waals surface area contributed by atoms with Crippen molar-refractivity contribution in [2.45, 2.75) is 24.7 Å². The van der Waals surface area contributed by atoms with Crippen LogP contribution in [-0.4, -0.2) is 35.8 Å². The predicted octanol–water partition coefficient (Wildman–Crippen LogP) is 4.29. The molecule has 1 aliphatic rings. The summed E-state index contributed by atoms with van der Waals surface area (Å²) in [5.74, 6) is 0.595. The molecule has 0 radical (unpaired) electrons. The molecule has 3 heterocycles. The second-order valence-corrected chi connectivity index (χ2v) is 9.69. The number of nitrogens with zero attached hydrogens (tertiary/aromatic N) is 3. The number of benzene rings is 1. The van der Waals surface area contributed by atoms with Gasteiger partial charge in [-0.2, -0.15) is 4.31 Å². The summed E-state index contributed by atoms with van der Waals surface area (Å²) >= 11 is 1.55. The molecule has 1 aliphatic heterocycles. The van der Waals surface area contributed by atoms with Crippen LogP contribution < -0.4 is 0 Å². The minimum Gasteiger partial charge on any atom is -0.264 e. The number of rotatable bonds is 4. The molecule has 27 heavy (non-hydrogen) atoms. The van der Waals surface area contributed by atoms with Gasteiger partial charge in [0.05, 0.1) is 10.6 Å². The Morgan fingerprint density at radius 2 is 1.81 bits per heavy atom. The van der Waals surface area contributed by atoms with E-state index in [0.29, 0.717) is 23.9 Å². The molecule has 2 aromatic heterocycles. The first-order chi connectivity index (χ1) is 13.0. The van der Waals surface area contributed by atoms with Gasteiger partial charge < -0.3 is 0 Å². The first-order valence-corrected chi connectivity index (χ1v) is 11.3. The number of hydrogen-bond acceptors (Lipinski definition) is 5. The highest BCUT2D eigenvalue weighted by molar-refractivity contribution is 7.89. The van der Waals surface area contributed by atoms with Crippen LogP contribution in [0.3, 0.4) is 0 Å². The van der Waals surface area contributed by atoms with Gasteiger partial charge in [-0.15, -0.1) is 11.3 Å². The van der Waals surface area contributed by atoms with Gasteiger partial charge in [0.15, 0.2) is 0 Å². The Kier molecular flexibility index (Phi) is 5.08. The Bertz CT molecular complexity index is 1010. The number of thiazole rings is 1. The molecule has 0 amide bonds. The van der Waals surface area contributed by atoms with Gasteiger partial charge in [-0.05, 0) is 43.0 Å². The number of hydrogen-bond donors (Lipinski definition) is 0. The van der Waals surface area contributed by atoms with Crippen molar-refractivity contribution in [1.82, 2.24) is 14.3 Å². The van der Waals surface area contributed by atoms with E-state index in [0.717, 1.165) is 34.7 Å². The van der Waals surface area contributed by atoms with Gasteiger partial charge in [0.2, 0.25) is 10.0 Å². The summed E-state index contributed by atoms with van der Waals surface area (Å²) in [7, 11) is -3.41. The summed E-state index contributed by atoms with van der Waals surface area (Å²) < 4.78 is 27.3. The van der Waals surface area contributed by atoms with Crippen LogP contribution in [0, 0.1) is 5.92 Å². The minimum absolute atomic E-state index is 0.350. The molecule has 0 unspecified atom stereocenters. The topological polar surface area (TPSA) is 63.2 Å². The van der Waals surface area contributed by atoms with Crippen molar-refractivity contribution in [2.24, 2.45) is 5.92 Å². The van der Waals surface area contributed by atoms with Crippen molar-refractivity contribution in [3.8, 4) is 21.8 Å². The molecule has 4 rings (SSSR count). The van der Waals surface area contributed by atoms with E-state index in [1.165, 1.54) is 0 Å². The van der Waals surface area contributed by atoms with Crippen molar-refractivity contribution >= 4 is 21.4 Å². The fraction of sp³-hybridized carbons (Fsp3) is 0.300. The molecule has 0 bridgehead atoms. The molecule has 0 N–H and O–H groups in total. The van der Waals surface area contributed by atoms with Crippen molar-refractivity contribution in [3.05, 3.63) is 54.2 Å². The second-order valence-electron chi connectivity index (χ2n) is 6.89. The van der Waals surface area contributed by atoms with Crippen LogP contribution in [-0.2, 0) is 10.0 Å². The van der Waals surface area contributed by atoms with E-state index >= 15 is 0 Å². The van der Waals surface area contributed by atoms with Gasteiger partial charge >= 0.3 is 0 Å². The highest BCUT2D eigenvalue weighted by Gasteiger charge is 2.27. The summed E-state index contributed by atoms with van der Waals surface area (Å²) in [6.45, 7) is 3.38. The maximum absolute atomic E-state index is 12.8. The number of aromatic nitrogens is 2. The zero-order chi connectivity index (χ0) is 18.9. The zero-order valence-corrected chi connectivity index (χ0v) is 16.7. The molecule has 0 atom stereocenters. The highest BCUT2D eigenvalue weighted by Crippen LogP contribution is 2.30. The Morgan fingerprint density at radius 1 is 1.07 bits per heavy atom. The normalized spacial score (nSPS) is 16.5. The summed E-state index contributed by atoms with van der Waals surface area (Å²) in [4.78, 5) is 9.14. The molecule has 1 aromatic carbocycles. The molecule has 0 saturated carbocycles. The van der Waals surface area contributed by atoms with Gasteiger partial charge in [0.1, 0.15) is 5.01 Å². The minimum atomic E-state index is -3.41. The first-order valence-electron chi connectivity index (χ1n) is 9.00. The lowest BCUT2D eigenvalue weighted by Crippen LogP contribution is -2.37.